The van der Waals surface area contributed by atoms with Crippen molar-refractivity contribution in [3.05, 3.63) is 80.1 Å². The summed E-state index contributed by atoms with van der Waals surface area (Å²) in [5.74, 6) is -1.74. The van der Waals surface area contributed by atoms with Gasteiger partial charge in [-0.3, -0.25) is 29.3 Å². The van der Waals surface area contributed by atoms with Gasteiger partial charge in [0.1, 0.15) is 0 Å². The Morgan fingerprint density at radius 2 is 1.50 bits per heavy atom. The fraction of sp³-hybridized carbons (Fsp3) is 0.143. The predicted molar refractivity (Wildman–Crippen MR) is 95.7 cm³/mol. The molecule has 150 valence electrons. The number of hydrogen-bond donors (Lipinski definition) is 2. The van der Waals surface area contributed by atoms with E-state index in [2.05, 4.69) is 0 Å². The zero-order valence-corrected chi connectivity index (χ0v) is 15.3. The number of hydrogen-bond acceptors (Lipinski definition) is 8. The molecule has 2 N–H and O–H groups in total. The fourth-order valence-corrected chi connectivity index (χ4v) is 5.15. The Kier molecular flexibility index (Phi) is 5.52. The Balaban J connectivity index is 2.59. The monoisotopic (exact) mass is 432 g/mol. The van der Waals surface area contributed by atoms with E-state index in [1.807, 2.05) is 0 Å². The second-order valence-electron chi connectivity index (χ2n) is 5.59. The van der Waals surface area contributed by atoms with Gasteiger partial charge in [-0.05, 0) is 17.7 Å². The van der Waals surface area contributed by atoms with Gasteiger partial charge < -0.3 is 0 Å². The van der Waals surface area contributed by atoms with Gasteiger partial charge in [-0.2, -0.15) is 16.8 Å². The van der Waals surface area contributed by atoms with Crippen LogP contribution in [0.25, 0.3) is 6.08 Å². The van der Waals surface area contributed by atoms with Crippen molar-refractivity contribution in [2.75, 3.05) is 0 Å². The molecular formula is C14H12N2O10S2. The Morgan fingerprint density at radius 3 is 1.93 bits per heavy atom. The summed E-state index contributed by atoms with van der Waals surface area (Å²) in [5.41, 5.74) is -0.892. The van der Waals surface area contributed by atoms with Gasteiger partial charge in [-0.25, -0.2) is 0 Å². The molecule has 0 radical (unpaired) electrons. The average molecular weight is 432 g/mol. The van der Waals surface area contributed by atoms with Crippen LogP contribution in [-0.4, -0.2) is 39.9 Å². The summed E-state index contributed by atoms with van der Waals surface area (Å²) in [4.78, 5) is 19.8. The van der Waals surface area contributed by atoms with Crippen LogP contribution in [0.5, 0.6) is 0 Å². The van der Waals surface area contributed by atoms with Crippen LogP contribution in [0.2, 0.25) is 0 Å². The number of non-ortho nitro benzene ring substituents is 1. The molecule has 12 nitrogen and oxygen atoms in total. The topological polar surface area (TPSA) is 195 Å². The van der Waals surface area contributed by atoms with Crippen molar-refractivity contribution in [1.29, 1.82) is 0 Å². The van der Waals surface area contributed by atoms with E-state index >= 15 is 0 Å². The highest BCUT2D eigenvalue weighted by Crippen LogP contribution is 2.40. The zero-order valence-electron chi connectivity index (χ0n) is 13.6. The molecule has 1 aromatic carbocycles. The fourth-order valence-electron chi connectivity index (χ4n) is 2.55. The van der Waals surface area contributed by atoms with E-state index < -0.39 is 45.8 Å². The molecule has 28 heavy (non-hydrogen) atoms. The molecule has 0 amide bonds. The first-order valence-electron chi connectivity index (χ1n) is 7.22. The molecule has 14 heteroatoms. The molecule has 0 saturated carbocycles. The highest BCUT2D eigenvalue weighted by molar-refractivity contribution is 8.05. The van der Waals surface area contributed by atoms with E-state index in [1.165, 1.54) is 18.2 Å². The van der Waals surface area contributed by atoms with Crippen LogP contribution in [-0.2, 0) is 20.2 Å². The Bertz CT molecular complexity index is 1080. The first-order chi connectivity index (χ1) is 12.8. The highest BCUT2D eigenvalue weighted by atomic mass is 32.3. The van der Waals surface area contributed by atoms with Gasteiger partial charge in [0.05, 0.1) is 9.85 Å². The van der Waals surface area contributed by atoms with Gasteiger partial charge in [0.2, 0.25) is 0 Å². The molecule has 1 aliphatic carbocycles. The molecule has 1 aromatic rings. The third-order valence-corrected chi connectivity index (χ3v) is 7.56. The zero-order chi connectivity index (χ0) is 21.3. The van der Waals surface area contributed by atoms with Crippen LogP contribution in [0.1, 0.15) is 5.56 Å². The summed E-state index contributed by atoms with van der Waals surface area (Å²) in [6.07, 6.45) is 3.92. The smallest absolute Gasteiger partial charge is 0.284 e. The van der Waals surface area contributed by atoms with Crippen LogP contribution in [0, 0.1) is 26.1 Å². The SMILES string of the molecule is O=[N+]([O-])C1=CC(S(=O)(=O)O)(S(=O)(=O)O)C(C=Cc2ccc([N+](=O)[O-])cc2)C=C1. The van der Waals surface area contributed by atoms with Crippen LogP contribution in [0.3, 0.4) is 0 Å². The number of benzene rings is 1. The van der Waals surface area contributed by atoms with Gasteiger partial charge in [-0.1, -0.05) is 18.2 Å². The molecule has 0 spiro atoms. The summed E-state index contributed by atoms with van der Waals surface area (Å²) in [5, 5.41) is 21.6. The van der Waals surface area contributed by atoms with Gasteiger partial charge in [0.15, 0.2) is 0 Å². The summed E-state index contributed by atoms with van der Waals surface area (Å²) in [6, 6.07) is 4.84. The quantitative estimate of drug-likeness (QED) is 0.377. The highest BCUT2D eigenvalue weighted by Gasteiger charge is 2.59. The Hall–Kier alpha value is -2.94. The minimum atomic E-state index is -5.59. The maximum Gasteiger partial charge on any atom is 0.292 e. The minimum Gasteiger partial charge on any atom is -0.284 e. The van der Waals surface area contributed by atoms with E-state index in [4.69, 9.17) is 0 Å². The van der Waals surface area contributed by atoms with E-state index in [0.29, 0.717) is 5.56 Å². The van der Waals surface area contributed by atoms with Gasteiger partial charge in [-0.15, -0.1) is 0 Å². The Labute approximate surface area is 158 Å². The molecule has 0 heterocycles. The first-order valence-corrected chi connectivity index (χ1v) is 10.1. The number of nitrogens with zero attached hydrogens (tertiary/aromatic N) is 2. The van der Waals surface area contributed by atoms with Gasteiger partial charge in [0.25, 0.3) is 35.7 Å². The Morgan fingerprint density at radius 1 is 0.964 bits per heavy atom. The average Bonchev–Trinajstić information content (AvgIpc) is 2.58. The minimum absolute atomic E-state index is 0.141. The molecule has 0 aromatic heterocycles. The number of nitro groups is 2. The molecule has 0 saturated heterocycles. The molecule has 1 unspecified atom stereocenters. The normalized spacial score (nSPS) is 19.4. The van der Waals surface area contributed by atoms with Gasteiger partial charge in [0, 0.05) is 30.2 Å². The summed E-state index contributed by atoms with van der Waals surface area (Å²) in [7, 11) is -11.2. The number of nitro benzene ring substituents is 1. The van der Waals surface area contributed by atoms with Crippen molar-refractivity contribution in [2.45, 2.75) is 4.08 Å². The van der Waals surface area contributed by atoms with Crippen molar-refractivity contribution < 1.29 is 35.8 Å². The summed E-state index contributed by atoms with van der Waals surface area (Å²) < 4.78 is 63.1. The number of allylic oxidation sites excluding steroid dienone is 3. The lowest BCUT2D eigenvalue weighted by Crippen LogP contribution is -2.50. The molecule has 0 fully saturated rings. The molecule has 2 rings (SSSR count). The van der Waals surface area contributed by atoms with Crippen molar-refractivity contribution in [3.8, 4) is 0 Å². The molecule has 1 aliphatic rings. The second kappa shape index (κ2) is 7.23. The van der Waals surface area contributed by atoms with E-state index in [0.717, 1.165) is 30.4 Å². The largest absolute Gasteiger partial charge is 0.292 e. The molecule has 1 atom stereocenters. The summed E-state index contributed by atoms with van der Waals surface area (Å²) >= 11 is 0. The van der Waals surface area contributed by atoms with E-state index in [9.17, 15) is 46.2 Å². The van der Waals surface area contributed by atoms with Crippen molar-refractivity contribution in [2.24, 2.45) is 5.92 Å². The molecular weight excluding hydrogens is 420 g/mol. The first kappa shape index (κ1) is 21.4. The lowest BCUT2D eigenvalue weighted by Gasteiger charge is -2.30. The third-order valence-electron chi connectivity index (χ3n) is 3.91. The van der Waals surface area contributed by atoms with Crippen LogP contribution in [0.15, 0.2) is 54.3 Å². The lowest BCUT2D eigenvalue weighted by molar-refractivity contribution is -0.419. The standard InChI is InChI=1S/C14H12N2O10S2/c17-15(18)12-6-2-10(3-7-12)1-4-11-5-8-13(16(19)20)9-14(11,27(21,22)23)28(24,25)26/h1-9,11H,(H,21,22,23)(H,24,25,26). The second-order valence-corrected chi connectivity index (χ2v) is 9.10. The number of rotatable bonds is 6. The van der Waals surface area contributed by atoms with Crippen molar-refractivity contribution >= 4 is 32.0 Å². The molecule has 0 bridgehead atoms. The maximum atomic E-state index is 11.9. The van der Waals surface area contributed by atoms with Crippen LogP contribution in [0.4, 0.5) is 5.69 Å². The van der Waals surface area contributed by atoms with Crippen LogP contribution < -0.4 is 0 Å². The lowest BCUT2D eigenvalue weighted by atomic mass is 9.96. The van der Waals surface area contributed by atoms with Crippen molar-refractivity contribution in [1.82, 2.24) is 0 Å². The van der Waals surface area contributed by atoms with E-state index in [1.54, 1.807) is 0 Å². The van der Waals surface area contributed by atoms with Gasteiger partial charge >= 0.3 is 0 Å². The predicted octanol–water partition coefficient (Wildman–Crippen LogP) is 1.43. The summed E-state index contributed by atoms with van der Waals surface area (Å²) in [6.45, 7) is 0. The van der Waals surface area contributed by atoms with E-state index in [-0.39, 0.29) is 11.8 Å². The van der Waals surface area contributed by atoms with Crippen LogP contribution >= 0.6 is 0 Å². The molecule has 0 aliphatic heterocycles. The third kappa shape index (κ3) is 3.84. The maximum absolute atomic E-state index is 11.9. The van der Waals surface area contributed by atoms with Crippen molar-refractivity contribution in [3.63, 3.8) is 0 Å².